The van der Waals surface area contributed by atoms with Gasteiger partial charge in [0.05, 0.1) is 12.2 Å². The molecule has 0 unspecified atom stereocenters. The fourth-order valence-corrected chi connectivity index (χ4v) is 2.06. The van der Waals surface area contributed by atoms with Gasteiger partial charge in [-0.3, -0.25) is 0 Å². The van der Waals surface area contributed by atoms with E-state index < -0.39 is 0 Å². The fourth-order valence-electron chi connectivity index (χ4n) is 2.06. The Bertz CT molecular complexity index is 250. The Morgan fingerprint density at radius 3 is 2.69 bits per heavy atom. The molecule has 0 radical (unpaired) electrons. The van der Waals surface area contributed by atoms with E-state index in [-0.39, 0.29) is 12.2 Å². The molecule has 92 valence electrons. The Labute approximate surface area is 99.1 Å². The lowest BCUT2D eigenvalue weighted by molar-refractivity contribution is -0.108. The molecule has 0 amide bonds. The number of hydrogen-bond acceptors (Lipinski definition) is 2. The van der Waals surface area contributed by atoms with Gasteiger partial charge in [0.2, 0.25) is 0 Å². The Hall–Kier alpha value is -0.630. The number of rotatable bonds is 5. The molecule has 1 aliphatic heterocycles. The molecular weight excluding hydrogens is 200 g/mol. The third kappa shape index (κ3) is 4.48. The Balaban J connectivity index is 2.33. The SMILES string of the molecule is C=C1C[C@H](CCC=O)O[C@H]1CCC(C)(C)C. The normalized spacial score (nSPS) is 26.1. The zero-order valence-corrected chi connectivity index (χ0v) is 10.8. The minimum absolute atomic E-state index is 0.218. The molecule has 0 spiro atoms. The highest BCUT2D eigenvalue weighted by Gasteiger charge is 2.29. The van der Waals surface area contributed by atoms with Crippen LogP contribution in [0.1, 0.15) is 52.9 Å². The van der Waals surface area contributed by atoms with Gasteiger partial charge in [0, 0.05) is 6.42 Å². The summed E-state index contributed by atoms with van der Waals surface area (Å²) in [6, 6.07) is 0. The van der Waals surface area contributed by atoms with Crippen LogP contribution in [0.3, 0.4) is 0 Å². The van der Waals surface area contributed by atoms with Gasteiger partial charge in [0.15, 0.2) is 0 Å². The number of carbonyl (C=O) groups is 1. The maximum absolute atomic E-state index is 10.3. The van der Waals surface area contributed by atoms with Crippen LogP contribution in [-0.4, -0.2) is 18.5 Å². The van der Waals surface area contributed by atoms with Gasteiger partial charge in [0.25, 0.3) is 0 Å². The summed E-state index contributed by atoms with van der Waals surface area (Å²) < 4.78 is 5.91. The predicted octanol–water partition coefficient (Wildman–Crippen LogP) is 3.51. The molecule has 1 aliphatic rings. The number of carbonyl (C=O) groups excluding carboxylic acids is 1. The molecule has 0 aromatic heterocycles. The van der Waals surface area contributed by atoms with Gasteiger partial charge >= 0.3 is 0 Å². The van der Waals surface area contributed by atoms with E-state index in [1.54, 1.807) is 0 Å². The van der Waals surface area contributed by atoms with Crippen molar-refractivity contribution in [1.82, 2.24) is 0 Å². The fraction of sp³-hybridized carbons (Fsp3) is 0.786. The van der Waals surface area contributed by atoms with E-state index in [9.17, 15) is 4.79 Å². The highest BCUT2D eigenvalue weighted by molar-refractivity contribution is 5.49. The predicted molar refractivity (Wildman–Crippen MR) is 66.4 cm³/mol. The lowest BCUT2D eigenvalue weighted by atomic mass is 9.88. The highest BCUT2D eigenvalue weighted by atomic mass is 16.5. The molecule has 0 N–H and O–H groups in total. The molecule has 1 heterocycles. The lowest BCUT2D eigenvalue weighted by Gasteiger charge is -2.21. The van der Waals surface area contributed by atoms with Gasteiger partial charge in [0.1, 0.15) is 6.29 Å². The maximum Gasteiger partial charge on any atom is 0.120 e. The molecule has 2 nitrogen and oxygen atoms in total. The number of hydrogen-bond donors (Lipinski definition) is 0. The summed E-state index contributed by atoms with van der Waals surface area (Å²) in [5, 5.41) is 0. The molecule has 2 heteroatoms. The van der Waals surface area contributed by atoms with Gasteiger partial charge < -0.3 is 9.53 Å². The third-order valence-corrected chi connectivity index (χ3v) is 3.06. The van der Waals surface area contributed by atoms with Gasteiger partial charge in [-0.05, 0) is 36.7 Å². The number of ether oxygens (including phenoxy) is 1. The molecular formula is C14H24O2. The topological polar surface area (TPSA) is 26.3 Å². The first kappa shape index (κ1) is 13.4. The minimum Gasteiger partial charge on any atom is -0.370 e. The first-order chi connectivity index (χ1) is 7.42. The van der Waals surface area contributed by atoms with Crippen LogP contribution in [0.15, 0.2) is 12.2 Å². The van der Waals surface area contributed by atoms with Gasteiger partial charge in [-0.2, -0.15) is 0 Å². The lowest BCUT2D eigenvalue weighted by Crippen LogP contribution is -2.15. The zero-order chi connectivity index (χ0) is 12.2. The Morgan fingerprint density at radius 1 is 1.44 bits per heavy atom. The van der Waals surface area contributed by atoms with Gasteiger partial charge in [-0.1, -0.05) is 27.4 Å². The minimum atomic E-state index is 0.218. The first-order valence-electron chi connectivity index (χ1n) is 6.19. The Kier molecular flexibility index (Phi) is 4.72. The second-order valence-electron chi connectivity index (χ2n) is 5.95. The van der Waals surface area contributed by atoms with Crippen molar-refractivity contribution < 1.29 is 9.53 Å². The summed E-state index contributed by atoms with van der Waals surface area (Å²) in [6.07, 6.45) is 5.99. The summed E-state index contributed by atoms with van der Waals surface area (Å²) in [5.74, 6) is 0. The highest BCUT2D eigenvalue weighted by Crippen LogP contribution is 2.32. The van der Waals surface area contributed by atoms with E-state index in [1.165, 1.54) is 5.57 Å². The molecule has 0 aliphatic carbocycles. The van der Waals surface area contributed by atoms with Crippen molar-refractivity contribution >= 4 is 6.29 Å². The van der Waals surface area contributed by atoms with E-state index in [0.29, 0.717) is 11.8 Å². The summed E-state index contributed by atoms with van der Waals surface area (Å²) >= 11 is 0. The zero-order valence-electron chi connectivity index (χ0n) is 10.8. The summed E-state index contributed by atoms with van der Waals surface area (Å²) in [7, 11) is 0. The van der Waals surface area contributed by atoms with Crippen molar-refractivity contribution in [2.24, 2.45) is 5.41 Å². The average Bonchev–Trinajstić information content (AvgIpc) is 2.52. The van der Waals surface area contributed by atoms with Crippen LogP contribution >= 0.6 is 0 Å². The van der Waals surface area contributed by atoms with E-state index in [0.717, 1.165) is 32.0 Å². The first-order valence-corrected chi connectivity index (χ1v) is 6.19. The Morgan fingerprint density at radius 2 is 2.12 bits per heavy atom. The van der Waals surface area contributed by atoms with Crippen molar-refractivity contribution in [3.05, 3.63) is 12.2 Å². The second kappa shape index (κ2) is 5.62. The second-order valence-corrected chi connectivity index (χ2v) is 5.95. The molecule has 0 aromatic carbocycles. The van der Waals surface area contributed by atoms with Crippen LogP contribution in [0.2, 0.25) is 0 Å². The monoisotopic (exact) mass is 224 g/mol. The van der Waals surface area contributed by atoms with Crippen LogP contribution < -0.4 is 0 Å². The van der Waals surface area contributed by atoms with Crippen LogP contribution in [0.4, 0.5) is 0 Å². The summed E-state index contributed by atoms with van der Waals surface area (Å²) in [6.45, 7) is 10.8. The molecule has 1 fully saturated rings. The van der Waals surface area contributed by atoms with Crippen LogP contribution in [0, 0.1) is 5.41 Å². The van der Waals surface area contributed by atoms with Crippen LogP contribution in [-0.2, 0) is 9.53 Å². The van der Waals surface area contributed by atoms with Crippen molar-refractivity contribution in [2.75, 3.05) is 0 Å². The van der Waals surface area contributed by atoms with E-state index in [2.05, 4.69) is 27.4 Å². The smallest absolute Gasteiger partial charge is 0.120 e. The summed E-state index contributed by atoms with van der Waals surface area (Å²) in [4.78, 5) is 10.3. The van der Waals surface area contributed by atoms with E-state index in [1.807, 2.05) is 0 Å². The molecule has 0 bridgehead atoms. The summed E-state index contributed by atoms with van der Waals surface area (Å²) in [5.41, 5.74) is 1.56. The van der Waals surface area contributed by atoms with Crippen molar-refractivity contribution in [1.29, 1.82) is 0 Å². The van der Waals surface area contributed by atoms with Crippen molar-refractivity contribution in [3.8, 4) is 0 Å². The quantitative estimate of drug-likeness (QED) is 0.527. The molecule has 0 aromatic rings. The van der Waals surface area contributed by atoms with Gasteiger partial charge in [-0.25, -0.2) is 0 Å². The third-order valence-electron chi connectivity index (χ3n) is 3.06. The maximum atomic E-state index is 10.3. The number of aldehydes is 1. The van der Waals surface area contributed by atoms with E-state index in [4.69, 9.17) is 4.74 Å². The van der Waals surface area contributed by atoms with Crippen LogP contribution in [0.5, 0.6) is 0 Å². The molecule has 2 atom stereocenters. The molecule has 0 saturated carbocycles. The van der Waals surface area contributed by atoms with Crippen LogP contribution in [0.25, 0.3) is 0 Å². The van der Waals surface area contributed by atoms with Crippen molar-refractivity contribution in [3.63, 3.8) is 0 Å². The average molecular weight is 224 g/mol. The largest absolute Gasteiger partial charge is 0.370 e. The van der Waals surface area contributed by atoms with Gasteiger partial charge in [-0.15, -0.1) is 0 Å². The molecule has 1 saturated heterocycles. The standard InChI is InChI=1S/C14H24O2/c1-11-10-12(6-5-9-15)16-13(11)7-8-14(2,3)4/h9,12-13H,1,5-8,10H2,2-4H3/t12-,13-/m0/s1. The molecule has 1 rings (SSSR count). The van der Waals surface area contributed by atoms with E-state index >= 15 is 0 Å². The molecule has 16 heavy (non-hydrogen) atoms. The van der Waals surface area contributed by atoms with Crippen molar-refractivity contribution in [2.45, 2.75) is 65.1 Å².